The van der Waals surface area contributed by atoms with Gasteiger partial charge in [-0.2, -0.15) is 0 Å². The number of benzene rings is 3. The highest BCUT2D eigenvalue weighted by atomic mass is 79.9. The first-order chi connectivity index (χ1) is 14.4. The number of aryl methyl sites for hydroxylation is 1. The maximum atomic E-state index is 12.7. The highest BCUT2D eigenvalue weighted by Gasteiger charge is 2.21. The van der Waals surface area contributed by atoms with Gasteiger partial charge in [-0.1, -0.05) is 63.9 Å². The van der Waals surface area contributed by atoms with Gasteiger partial charge in [-0.05, 0) is 49.7 Å². The smallest absolute Gasteiger partial charge is 0.412 e. The molecule has 0 aliphatic heterocycles. The molecule has 1 heterocycles. The van der Waals surface area contributed by atoms with Gasteiger partial charge in [0.25, 0.3) is 0 Å². The van der Waals surface area contributed by atoms with Gasteiger partial charge in [0.15, 0.2) is 5.76 Å². The van der Waals surface area contributed by atoms with Crippen molar-refractivity contribution in [3.8, 4) is 11.3 Å². The van der Waals surface area contributed by atoms with Crippen LogP contribution in [0.25, 0.3) is 22.3 Å². The fourth-order valence-electron chi connectivity index (χ4n) is 3.29. The molecule has 1 unspecified atom stereocenters. The van der Waals surface area contributed by atoms with Crippen LogP contribution in [-0.2, 0) is 4.74 Å². The lowest BCUT2D eigenvalue weighted by Gasteiger charge is -2.15. The Morgan fingerprint density at radius 3 is 2.57 bits per heavy atom. The van der Waals surface area contributed by atoms with Crippen LogP contribution in [0.3, 0.4) is 0 Å². The summed E-state index contributed by atoms with van der Waals surface area (Å²) >= 11 is 9.67. The Balaban J connectivity index is 1.67. The van der Waals surface area contributed by atoms with E-state index in [-0.39, 0.29) is 0 Å². The number of nitrogens with one attached hydrogen (secondary N) is 1. The van der Waals surface area contributed by atoms with E-state index in [1.54, 1.807) is 13.0 Å². The maximum absolute atomic E-state index is 12.7. The van der Waals surface area contributed by atoms with Gasteiger partial charge in [0.1, 0.15) is 11.7 Å². The predicted octanol–water partition coefficient (Wildman–Crippen LogP) is 8.13. The minimum absolute atomic E-state index is 0.504. The molecule has 4 rings (SSSR count). The standard InChI is InChI=1S/C24H19BrClNO3/c1-14-7-12-19-21(13-14)30-23(16-8-10-17(25)11-9-16)22(19)27-24(28)29-15(2)18-5-3-4-6-20(18)26/h3-13,15H,1-2H3,(H,27,28). The number of ether oxygens (including phenoxy) is 1. The molecular weight excluding hydrogens is 466 g/mol. The Kier molecular flexibility index (Phi) is 5.84. The Hall–Kier alpha value is -2.76. The fraction of sp³-hybridized carbons (Fsp3) is 0.125. The van der Waals surface area contributed by atoms with Gasteiger partial charge in [0.05, 0.1) is 5.69 Å². The van der Waals surface area contributed by atoms with E-state index in [2.05, 4.69) is 21.2 Å². The first-order valence-electron chi connectivity index (χ1n) is 9.43. The third kappa shape index (κ3) is 4.23. The van der Waals surface area contributed by atoms with Crippen LogP contribution in [0, 0.1) is 6.92 Å². The van der Waals surface area contributed by atoms with Crippen molar-refractivity contribution in [1.29, 1.82) is 0 Å². The molecule has 1 amide bonds. The monoisotopic (exact) mass is 483 g/mol. The van der Waals surface area contributed by atoms with Crippen molar-refractivity contribution in [2.45, 2.75) is 20.0 Å². The number of carbonyl (C=O) groups excluding carboxylic acids is 1. The normalized spacial score (nSPS) is 12.0. The summed E-state index contributed by atoms with van der Waals surface area (Å²) in [6.45, 7) is 3.78. The molecule has 3 aromatic carbocycles. The average molecular weight is 485 g/mol. The van der Waals surface area contributed by atoms with Crippen molar-refractivity contribution in [3.63, 3.8) is 0 Å². The zero-order chi connectivity index (χ0) is 21.3. The second-order valence-electron chi connectivity index (χ2n) is 7.01. The number of fused-ring (bicyclic) bond motifs is 1. The third-order valence-electron chi connectivity index (χ3n) is 4.81. The predicted molar refractivity (Wildman–Crippen MR) is 124 cm³/mol. The van der Waals surface area contributed by atoms with Gasteiger partial charge in [0, 0.05) is 26.0 Å². The molecule has 0 aliphatic carbocycles. The summed E-state index contributed by atoms with van der Waals surface area (Å²) in [7, 11) is 0. The van der Waals surface area contributed by atoms with Crippen LogP contribution in [0.4, 0.5) is 10.5 Å². The van der Waals surface area contributed by atoms with E-state index in [1.807, 2.05) is 67.6 Å². The molecule has 0 radical (unpaired) electrons. The van der Waals surface area contributed by atoms with Crippen LogP contribution in [0.1, 0.15) is 24.2 Å². The first kappa shape index (κ1) is 20.5. The summed E-state index contributed by atoms with van der Waals surface area (Å²) in [4.78, 5) is 12.7. The van der Waals surface area contributed by atoms with Gasteiger partial charge in [-0.3, -0.25) is 5.32 Å². The van der Waals surface area contributed by atoms with Crippen LogP contribution >= 0.6 is 27.5 Å². The minimum Gasteiger partial charge on any atom is -0.454 e. The Labute approximate surface area is 187 Å². The molecule has 0 aliphatic rings. The van der Waals surface area contributed by atoms with E-state index in [9.17, 15) is 4.79 Å². The van der Waals surface area contributed by atoms with Gasteiger partial charge >= 0.3 is 6.09 Å². The lowest BCUT2D eigenvalue weighted by Crippen LogP contribution is -2.16. The third-order valence-corrected chi connectivity index (χ3v) is 5.68. The molecule has 6 heteroatoms. The van der Waals surface area contributed by atoms with Crippen LogP contribution in [0.15, 0.2) is 75.6 Å². The summed E-state index contributed by atoms with van der Waals surface area (Å²) in [6, 6.07) is 20.9. The van der Waals surface area contributed by atoms with Crippen molar-refractivity contribution in [2.75, 3.05) is 5.32 Å². The van der Waals surface area contributed by atoms with E-state index < -0.39 is 12.2 Å². The summed E-state index contributed by atoms with van der Waals surface area (Å²) in [6.07, 6.45) is -1.08. The number of hydrogen-bond acceptors (Lipinski definition) is 3. The van der Waals surface area contributed by atoms with Crippen LogP contribution in [0.5, 0.6) is 0 Å². The van der Waals surface area contributed by atoms with Crippen LogP contribution in [0.2, 0.25) is 5.02 Å². The lowest BCUT2D eigenvalue weighted by molar-refractivity contribution is 0.121. The summed E-state index contributed by atoms with van der Waals surface area (Å²) < 4.78 is 12.7. The Morgan fingerprint density at radius 2 is 1.83 bits per heavy atom. The molecule has 0 saturated heterocycles. The number of halogens is 2. The molecule has 30 heavy (non-hydrogen) atoms. The van der Waals surface area contributed by atoms with Crippen molar-refractivity contribution in [1.82, 2.24) is 0 Å². The number of hydrogen-bond donors (Lipinski definition) is 1. The van der Waals surface area contributed by atoms with Gasteiger partial charge in [0.2, 0.25) is 0 Å². The Bertz CT molecular complexity index is 1220. The zero-order valence-corrected chi connectivity index (χ0v) is 18.8. The quantitative estimate of drug-likeness (QED) is 0.318. The Morgan fingerprint density at radius 1 is 1.10 bits per heavy atom. The fourth-order valence-corrected chi connectivity index (χ4v) is 3.85. The second kappa shape index (κ2) is 8.54. The minimum atomic E-state index is -0.580. The number of furan rings is 1. The highest BCUT2D eigenvalue weighted by molar-refractivity contribution is 9.10. The van der Waals surface area contributed by atoms with E-state index >= 15 is 0 Å². The van der Waals surface area contributed by atoms with Crippen molar-refractivity contribution < 1.29 is 13.9 Å². The first-order valence-corrected chi connectivity index (χ1v) is 10.6. The number of amides is 1. The zero-order valence-electron chi connectivity index (χ0n) is 16.4. The van der Waals surface area contributed by atoms with E-state index in [0.717, 1.165) is 26.5 Å². The van der Waals surface area contributed by atoms with Crippen molar-refractivity contribution in [3.05, 3.63) is 87.4 Å². The average Bonchev–Trinajstić information content (AvgIpc) is 3.06. The molecule has 0 saturated carbocycles. The highest BCUT2D eigenvalue weighted by Crippen LogP contribution is 2.39. The van der Waals surface area contributed by atoms with Gasteiger partial charge in [-0.25, -0.2) is 4.79 Å². The molecule has 0 bridgehead atoms. The van der Waals surface area contributed by atoms with Crippen LogP contribution < -0.4 is 5.32 Å². The molecule has 1 N–H and O–H groups in total. The van der Waals surface area contributed by atoms with E-state index in [1.165, 1.54) is 0 Å². The molecule has 0 spiro atoms. The lowest BCUT2D eigenvalue weighted by atomic mass is 10.1. The molecule has 1 aromatic heterocycles. The number of rotatable bonds is 4. The topological polar surface area (TPSA) is 51.5 Å². The number of carbonyl (C=O) groups is 1. The molecule has 1 atom stereocenters. The summed E-state index contributed by atoms with van der Waals surface area (Å²) in [5, 5.41) is 4.24. The van der Waals surface area contributed by atoms with Crippen LogP contribution in [-0.4, -0.2) is 6.09 Å². The summed E-state index contributed by atoms with van der Waals surface area (Å²) in [5.41, 5.74) is 3.93. The molecule has 152 valence electrons. The second-order valence-corrected chi connectivity index (χ2v) is 8.33. The van der Waals surface area contributed by atoms with Gasteiger partial charge < -0.3 is 9.15 Å². The maximum Gasteiger partial charge on any atom is 0.412 e. The van der Waals surface area contributed by atoms with E-state index in [4.69, 9.17) is 20.8 Å². The largest absolute Gasteiger partial charge is 0.454 e. The molecule has 4 aromatic rings. The molecular formula is C24H19BrClNO3. The summed E-state index contributed by atoms with van der Waals surface area (Å²) in [5.74, 6) is 0.574. The number of anilines is 1. The van der Waals surface area contributed by atoms with Gasteiger partial charge in [-0.15, -0.1) is 0 Å². The van der Waals surface area contributed by atoms with Crippen molar-refractivity contribution >= 4 is 50.3 Å². The van der Waals surface area contributed by atoms with Crippen molar-refractivity contribution in [2.24, 2.45) is 0 Å². The SMILES string of the molecule is Cc1ccc2c(NC(=O)OC(C)c3ccccc3Cl)c(-c3ccc(Br)cc3)oc2c1. The van der Waals surface area contributed by atoms with E-state index in [0.29, 0.717) is 22.1 Å². The molecule has 4 nitrogen and oxygen atoms in total. The molecule has 0 fully saturated rings.